The lowest BCUT2D eigenvalue weighted by atomic mass is 10.3. The Hall–Kier alpha value is -2.27. The molecule has 0 heterocycles. The van der Waals surface area contributed by atoms with Gasteiger partial charge in [-0.05, 0) is 12.1 Å². The number of carbonyl (C=O) groups is 1. The minimum absolute atomic E-state index is 0.0511. The minimum atomic E-state index is -4.03. The third kappa shape index (κ3) is 3.11. The molecule has 0 saturated heterocycles. The number of aliphatic carboxylic acids is 1. The molecule has 0 aliphatic carbocycles. The number of sulfonamides is 1. The van der Waals surface area contributed by atoms with Gasteiger partial charge in [-0.1, -0.05) is 12.1 Å². The molecule has 18 heavy (non-hydrogen) atoms. The number of para-hydroxylation sites is 2. The lowest BCUT2D eigenvalue weighted by molar-refractivity contribution is -0.135. The summed E-state index contributed by atoms with van der Waals surface area (Å²) < 4.78 is 24.2. The van der Waals surface area contributed by atoms with Gasteiger partial charge in [-0.25, -0.2) is 8.42 Å². The Morgan fingerprint density at radius 1 is 1.44 bits per heavy atom. The number of nitrogen functional groups attached to an aromatic ring is 1. The monoisotopic (exact) mass is 269 g/mol. The van der Waals surface area contributed by atoms with Crippen LogP contribution in [0.15, 0.2) is 24.3 Å². The zero-order chi connectivity index (χ0) is 13.8. The van der Waals surface area contributed by atoms with E-state index in [2.05, 4.69) is 0 Å². The smallest absolute Gasteiger partial charge is 0.324 e. The fourth-order valence-corrected chi connectivity index (χ4v) is 2.42. The summed E-state index contributed by atoms with van der Waals surface area (Å²) in [5, 5.41) is 17.2. The van der Waals surface area contributed by atoms with Gasteiger partial charge in [-0.3, -0.25) is 9.10 Å². The van der Waals surface area contributed by atoms with Gasteiger partial charge in [0.2, 0.25) is 10.0 Å². The molecule has 3 N–H and O–H groups in total. The van der Waals surface area contributed by atoms with E-state index in [1.165, 1.54) is 24.3 Å². The number of carboxylic acids is 1. The number of carboxylic acid groups (broad SMARTS) is 1. The molecule has 1 rings (SSSR count). The molecular weight excluding hydrogens is 258 g/mol. The first kappa shape index (κ1) is 13.8. The average Bonchev–Trinajstić information content (AvgIpc) is 2.26. The van der Waals surface area contributed by atoms with E-state index in [0.29, 0.717) is 4.31 Å². The van der Waals surface area contributed by atoms with Crippen molar-refractivity contribution in [3.63, 3.8) is 0 Å². The summed E-state index contributed by atoms with van der Waals surface area (Å²) in [6, 6.07) is 7.44. The summed E-state index contributed by atoms with van der Waals surface area (Å²) in [5.74, 6) is -2.14. The van der Waals surface area contributed by atoms with Gasteiger partial charge in [-0.2, -0.15) is 5.26 Å². The van der Waals surface area contributed by atoms with Crippen molar-refractivity contribution in [3.05, 3.63) is 24.3 Å². The topological polar surface area (TPSA) is 124 Å². The van der Waals surface area contributed by atoms with E-state index in [0.717, 1.165) is 0 Å². The molecule has 0 saturated carbocycles. The maximum atomic E-state index is 11.8. The van der Waals surface area contributed by atoms with Crippen molar-refractivity contribution in [2.45, 2.75) is 0 Å². The van der Waals surface area contributed by atoms with Crippen LogP contribution in [0.25, 0.3) is 0 Å². The number of hydrogen-bond acceptors (Lipinski definition) is 5. The molecule has 1 aromatic rings. The van der Waals surface area contributed by atoms with Gasteiger partial charge >= 0.3 is 5.97 Å². The quantitative estimate of drug-likeness (QED) is 0.725. The maximum Gasteiger partial charge on any atom is 0.324 e. The van der Waals surface area contributed by atoms with E-state index >= 15 is 0 Å². The van der Waals surface area contributed by atoms with Crippen LogP contribution in [0.1, 0.15) is 0 Å². The highest BCUT2D eigenvalue weighted by Gasteiger charge is 2.26. The molecular formula is C10H11N3O4S. The summed E-state index contributed by atoms with van der Waals surface area (Å²) >= 11 is 0. The van der Waals surface area contributed by atoms with Gasteiger partial charge in [-0.15, -0.1) is 0 Å². The Morgan fingerprint density at radius 3 is 2.56 bits per heavy atom. The Bertz CT molecular complexity index is 591. The number of nitriles is 1. The van der Waals surface area contributed by atoms with Crippen molar-refractivity contribution in [1.82, 2.24) is 0 Å². The molecule has 0 aliphatic rings. The highest BCUT2D eigenvalue weighted by molar-refractivity contribution is 7.93. The molecule has 7 nitrogen and oxygen atoms in total. The zero-order valence-electron chi connectivity index (χ0n) is 9.28. The number of benzene rings is 1. The molecule has 1 aromatic carbocycles. The van der Waals surface area contributed by atoms with Crippen LogP contribution in [0.4, 0.5) is 11.4 Å². The van der Waals surface area contributed by atoms with Gasteiger partial charge in [0.15, 0.2) is 5.75 Å². The molecule has 0 amide bonds. The number of nitrogens with zero attached hydrogens (tertiary/aromatic N) is 2. The minimum Gasteiger partial charge on any atom is -0.480 e. The van der Waals surface area contributed by atoms with E-state index < -0.39 is 28.3 Å². The zero-order valence-corrected chi connectivity index (χ0v) is 10.1. The largest absolute Gasteiger partial charge is 0.480 e. The van der Waals surface area contributed by atoms with Crippen LogP contribution in [0, 0.1) is 11.3 Å². The molecule has 0 atom stereocenters. The number of nitrogens with two attached hydrogens (primary N) is 1. The number of anilines is 2. The Balaban J connectivity index is 3.28. The molecule has 0 aliphatic heterocycles. The normalized spacial score (nSPS) is 10.6. The van der Waals surface area contributed by atoms with Crippen LogP contribution in [-0.2, 0) is 14.8 Å². The van der Waals surface area contributed by atoms with Crippen molar-refractivity contribution < 1.29 is 18.3 Å². The Labute approximate surface area is 104 Å². The van der Waals surface area contributed by atoms with Crippen LogP contribution in [0.5, 0.6) is 0 Å². The van der Waals surface area contributed by atoms with E-state index in [-0.39, 0.29) is 11.4 Å². The van der Waals surface area contributed by atoms with Crippen molar-refractivity contribution >= 4 is 27.4 Å². The van der Waals surface area contributed by atoms with Crippen molar-refractivity contribution in [3.8, 4) is 6.07 Å². The van der Waals surface area contributed by atoms with Crippen LogP contribution < -0.4 is 10.0 Å². The first-order chi connectivity index (χ1) is 8.38. The molecule has 0 fully saturated rings. The summed E-state index contributed by atoms with van der Waals surface area (Å²) in [5.41, 5.74) is 5.78. The second-order valence-corrected chi connectivity index (χ2v) is 5.27. The molecule has 8 heteroatoms. The van der Waals surface area contributed by atoms with Crippen molar-refractivity contribution in [1.29, 1.82) is 5.26 Å². The number of rotatable bonds is 5. The van der Waals surface area contributed by atoms with Crippen LogP contribution in [0.3, 0.4) is 0 Å². The van der Waals surface area contributed by atoms with Gasteiger partial charge in [0, 0.05) is 0 Å². The highest BCUT2D eigenvalue weighted by Crippen LogP contribution is 2.25. The van der Waals surface area contributed by atoms with Gasteiger partial charge in [0.05, 0.1) is 17.4 Å². The first-order valence-corrected chi connectivity index (χ1v) is 6.43. The first-order valence-electron chi connectivity index (χ1n) is 4.82. The van der Waals surface area contributed by atoms with Gasteiger partial charge in [0.1, 0.15) is 6.54 Å². The molecule has 0 unspecified atom stereocenters. The van der Waals surface area contributed by atoms with E-state index in [1.807, 2.05) is 0 Å². The summed E-state index contributed by atoms with van der Waals surface area (Å²) in [6.45, 7) is -0.780. The van der Waals surface area contributed by atoms with Gasteiger partial charge < -0.3 is 10.8 Å². The maximum absolute atomic E-state index is 11.8. The van der Waals surface area contributed by atoms with E-state index in [4.69, 9.17) is 16.1 Å². The number of hydrogen-bond donors (Lipinski definition) is 2. The SMILES string of the molecule is N#CCS(=O)(=O)N(CC(=O)O)c1ccccc1N. The lowest BCUT2D eigenvalue weighted by Gasteiger charge is -2.22. The summed E-state index contributed by atoms with van der Waals surface area (Å²) in [7, 11) is -4.03. The van der Waals surface area contributed by atoms with Crippen LogP contribution in [-0.4, -0.2) is 31.8 Å². The van der Waals surface area contributed by atoms with E-state index in [1.54, 1.807) is 6.07 Å². The summed E-state index contributed by atoms with van der Waals surface area (Å²) in [4.78, 5) is 10.7. The Kier molecular flexibility index (Phi) is 4.12. The lowest BCUT2D eigenvalue weighted by Crippen LogP contribution is -2.37. The molecule has 0 aromatic heterocycles. The third-order valence-electron chi connectivity index (χ3n) is 2.07. The highest BCUT2D eigenvalue weighted by atomic mass is 32.2. The Morgan fingerprint density at radius 2 is 2.06 bits per heavy atom. The molecule has 0 radical (unpaired) electrons. The van der Waals surface area contributed by atoms with E-state index in [9.17, 15) is 13.2 Å². The predicted molar refractivity (Wildman–Crippen MR) is 65.2 cm³/mol. The molecule has 96 valence electrons. The molecule has 0 spiro atoms. The standard InChI is InChI=1S/C10H11N3O4S/c11-5-6-18(16,17)13(7-10(14)15)9-4-2-1-3-8(9)12/h1-4H,6-7,12H2,(H,14,15). The third-order valence-corrected chi connectivity index (χ3v) is 3.56. The second kappa shape index (κ2) is 5.37. The fourth-order valence-electron chi connectivity index (χ4n) is 1.33. The average molecular weight is 269 g/mol. The van der Waals surface area contributed by atoms with Crippen molar-refractivity contribution in [2.24, 2.45) is 0 Å². The fraction of sp³-hybridized carbons (Fsp3) is 0.200. The summed E-state index contributed by atoms with van der Waals surface area (Å²) in [6.07, 6.45) is 0. The van der Waals surface area contributed by atoms with Crippen molar-refractivity contribution in [2.75, 3.05) is 22.3 Å². The second-order valence-electron chi connectivity index (χ2n) is 3.37. The predicted octanol–water partition coefficient (Wildman–Crippen LogP) is 0.0132. The van der Waals surface area contributed by atoms with Crippen LogP contribution in [0.2, 0.25) is 0 Å². The van der Waals surface area contributed by atoms with Crippen LogP contribution >= 0.6 is 0 Å². The molecule has 0 bridgehead atoms. The van der Waals surface area contributed by atoms with Gasteiger partial charge in [0.25, 0.3) is 0 Å².